The van der Waals surface area contributed by atoms with E-state index in [1.54, 1.807) is 32.2 Å². The van der Waals surface area contributed by atoms with Crippen molar-refractivity contribution in [2.24, 2.45) is 0 Å². The van der Waals surface area contributed by atoms with Gasteiger partial charge >= 0.3 is 12.0 Å². The van der Waals surface area contributed by atoms with E-state index in [1.807, 2.05) is 6.92 Å². The lowest BCUT2D eigenvalue weighted by molar-refractivity contribution is -0.139. The SMILES string of the molecule is CCCCOC(=O)C1=C(C)NC(=O)N[C@@H]1c1cc(OC)ccc1OC. The summed E-state index contributed by atoms with van der Waals surface area (Å²) in [4.78, 5) is 24.5. The second-order valence-electron chi connectivity index (χ2n) is 5.67. The zero-order valence-corrected chi connectivity index (χ0v) is 15.0. The molecule has 0 bridgehead atoms. The lowest BCUT2D eigenvalue weighted by atomic mass is 9.94. The van der Waals surface area contributed by atoms with E-state index in [0.717, 1.165) is 12.8 Å². The highest BCUT2D eigenvalue weighted by Gasteiger charge is 2.34. The first-order valence-electron chi connectivity index (χ1n) is 8.19. The number of hydrogen-bond donors (Lipinski definition) is 2. The fraction of sp³-hybridized carbons (Fsp3) is 0.444. The number of allylic oxidation sites excluding steroid dienone is 1. The summed E-state index contributed by atoms with van der Waals surface area (Å²) in [6.07, 6.45) is 1.71. The molecule has 2 N–H and O–H groups in total. The maximum Gasteiger partial charge on any atom is 0.338 e. The summed E-state index contributed by atoms with van der Waals surface area (Å²) in [5.74, 6) is 0.674. The first kappa shape index (κ1) is 18.6. The Hall–Kier alpha value is -2.70. The van der Waals surface area contributed by atoms with Crippen LogP contribution in [0.25, 0.3) is 0 Å². The summed E-state index contributed by atoms with van der Waals surface area (Å²) in [7, 11) is 3.08. The van der Waals surface area contributed by atoms with Crippen molar-refractivity contribution >= 4 is 12.0 Å². The van der Waals surface area contributed by atoms with Crippen molar-refractivity contribution in [3.63, 3.8) is 0 Å². The van der Waals surface area contributed by atoms with Gasteiger partial charge in [0.1, 0.15) is 11.5 Å². The van der Waals surface area contributed by atoms with E-state index in [-0.39, 0.29) is 0 Å². The Labute approximate surface area is 147 Å². The minimum atomic E-state index is -0.687. The summed E-state index contributed by atoms with van der Waals surface area (Å²) in [6, 6.07) is 4.14. The second-order valence-corrected chi connectivity index (χ2v) is 5.67. The van der Waals surface area contributed by atoms with Gasteiger partial charge < -0.3 is 24.8 Å². The quantitative estimate of drug-likeness (QED) is 0.584. The van der Waals surface area contributed by atoms with Gasteiger partial charge in [0.05, 0.1) is 32.4 Å². The number of esters is 1. The van der Waals surface area contributed by atoms with Gasteiger partial charge in [0.15, 0.2) is 0 Å². The van der Waals surface area contributed by atoms with Crippen molar-refractivity contribution < 1.29 is 23.8 Å². The van der Waals surface area contributed by atoms with E-state index < -0.39 is 18.0 Å². The van der Waals surface area contributed by atoms with Gasteiger partial charge in [0.25, 0.3) is 0 Å². The molecule has 0 spiro atoms. The molecule has 1 aliphatic rings. The number of carbonyl (C=O) groups excluding carboxylic acids is 2. The third-order valence-electron chi connectivity index (χ3n) is 3.97. The van der Waals surface area contributed by atoms with Crippen molar-refractivity contribution in [1.29, 1.82) is 0 Å². The molecule has 25 heavy (non-hydrogen) atoms. The monoisotopic (exact) mass is 348 g/mol. The fourth-order valence-electron chi connectivity index (χ4n) is 2.65. The summed E-state index contributed by atoms with van der Waals surface area (Å²) >= 11 is 0. The van der Waals surface area contributed by atoms with E-state index in [9.17, 15) is 9.59 Å². The molecule has 1 aromatic rings. The van der Waals surface area contributed by atoms with Crippen LogP contribution in [0.3, 0.4) is 0 Å². The van der Waals surface area contributed by atoms with Crippen molar-refractivity contribution in [3.8, 4) is 11.5 Å². The Morgan fingerprint density at radius 1 is 1.24 bits per heavy atom. The number of hydrogen-bond acceptors (Lipinski definition) is 5. The number of unbranched alkanes of at least 4 members (excludes halogenated alkanes) is 1. The van der Waals surface area contributed by atoms with Crippen LogP contribution >= 0.6 is 0 Å². The van der Waals surface area contributed by atoms with Gasteiger partial charge in [-0.2, -0.15) is 0 Å². The highest BCUT2D eigenvalue weighted by Crippen LogP contribution is 2.35. The van der Waals surface area contributed by atoms with Gasteiger partial charge in [-0.05, 0) is 31.5 Å². The third-order valence-corrected chi connectivity index (χ3v) is 3.97. The van der Waals surface area contributed by atoms with Crippen LogP contribution in [0.1, 0.15) is 38.3 Å². The van der Waals surface area contributed by atoms with Gasteiger partial charge in [-0.15, -0.1) is 0 Å². The van der Waals surface area contributed by atoms with E-state index in [0.29, 0.717) is 34.9 Å². The smallest absolute Gasteiger partial charge is 0.338 e. The largest absolute Gasteiger partial charge is 0.497 e. The maximum absolute atomic E-state index is 12.6. The molecule has 0 fully saturated rings. The Morgan fingerprint density at radius 2 is 2.00 bits per heavy atom. The fourth-order valence-corrected chi connectivity index (χ4v) is 2.65. The van der Waals surface area contributed by atoms with Crippen molar-refractivity contribution in [1.82, 2.24) is 10.6 Å². The summed E-state index contributed by atoms with van der Waals surface area (Å²) in [5.41, 5.74) is 1.43. The number of methoxy groups -OCH3 is 2. The molecule has 0 aliphatic carbocycles. The Kier molecular flexibility index (Phi) is 6.27. The van der Waals surface area contributed by atoms with Crippen LogP contribution in [0.15, 0.2) is 29.5 Å². The average molecular weight is 348 g/mol. The molecule has 0 radical (unpaired) electrons. The number of urea groups is 1. The predicted molar refractivity (Wildman–Crippen MR) is 92.5 cm³/mol. The van der Waals surface area contributed by atoms with E-state index in [1.165, 1.54) is 7.11 Å². The molecule has 1 aliphatic heterocycles. The predicted octanol–water partition coefficient (Wildman–Crippen LogP) is 2.68. The summed E-state index contributed by atoms with van der Waals surface area (Å²) < 4.78 is 16.0. The highest BCUT2D eigenvalue weighted by molar-refractivity contribution is 5.95. The molecule has 7 nitrogen and oxygen atoms in total. The number of carbonyl (C=O) groups is 2. The van der Waals surface area contributed by atoms with Crippen LogP contribution in [0.5, 0.6) is 11.5 Å². The third kappa shape index (κ3) is 4.23. The molecule has 1 heterocycles. The number of ether oxygens (including phenoxy) is 3. The van der Waals surface area contributed by atoms with Crippen molar-refractivity contribution in [2.45, 2.75) is 32.7 Å². The summed E-state index contributed by atoms with van der Waals surface area (Å²) in [5, 5.41) is 5.39. The molecule has 1 aromatic carbocycles. The van der Waals surface area contributed by atoms with Gasteiger partial charge in [0, 0.05) is 11.3 Å². The van der Waals surface area contributed by atoms with Crippen LogP contribution in [-0.2, 0) is 9.53 Å². The van der Waals surface area contributed by atoms with Crippen molar-refractivity contribution in [3.05, 3.63) is 35.0 Å². The minimum Gasteiger partial charge on any atom is -0.497 e. The first-order valence-corrected chi connectivity index (χ1v) is 8.19. The number of amides is 2. The standard InChI is InChI=1S/C18H24N2O5/c1-5-6-9-25-17(21)15-11(2)19-18(22)20-16(15)13-10-12(23-3)7-8-14(13)24-4/h7-8,10,16H,5-6,9H2,1-4H3,(H2,19,20,22)/t16-/m1/s1. The maximum atomic E-state index is 12.6. The van der Waals surface area contributed by atoms with Gasteiger partial charge in [-0.3, -0.25) is 0 Å². The Bertz CT molecular complexity index is 684. The molecular weight excluding hydrogens is 324 g/mol. The van der Waals surface area contributed by atoms with Crippen molar-refractivity contribution in [2.75, 3.05) is 20.8 Å². The number of rotatable bonds is 7. The van der Waals surface area contributed by atoms with E-state index in [4.69, 9.17) is 14.2 Å². The molecule has 0 saturated carbocycles. The molecule has 0 unspecified atom stereocenters. The first-order chi connectivity index (χ1) is 12.0. The Morgan fingerprint density at radius 3 is 2.64 bits per heavy atom. The van der Waals surface area contributed by atoms with E-state index >= 15 is 0 Å². The molecule has 7 heteroatoms. The molecule has 2 rings (SSSR count). The molecule has 1 atom stereocenters. The van der Waals surface area contributed by atoms with Gasteiger partial charge in [-0.25, -0.2) is 9.59 Å². The summed E-state index contributed by atoms with van der Waals surface area (Å²) in [6.45, 7) is 4.03. The van der Waals surface area contributed by atoms with Crippen LogP contribution in [0.4, 0.5) is 4.79 Å². The molecule has 0 aromatic heterocycles. The van der Waals surface area contributed by atoms with E-state index in [2.05, 4.69) is 10.6 Å². The molecule has 2 amide bonds. The number of benzene rings is 1. The number of nitrogens with one attached hydrogen (secondary N) is 2. The lowest BCUT2D eigenvalue weighted by Gasteiger charge is -2.29. The Balaban J connectivity index is 2.44. The zero-order chi connectivity index (χ0) is 18.4. The minimum absolute atomic E-state index is 0.335. The van der Waals surface area contributed by atoms with Crippen LogP contribution in [-0.4, -0.2) is 32.8 Å². The van der Waals surface area contributed by atoms with Gasteiger partial charge in [0.2, 0.25) is 0 Å². The lowest BCUT2D eigenvalue weighted by Crippen LogP contribution is -2.45. The van der Waals surface area contributed by atoms with Crippen LogP contribution in [0.2, 0.25) is 0 Å². The zero-order valence-electron chi connectivity index (χ0n) is 15.0. The molecular formula is C18H24N2O5. The average Bonchev–Trinajstić information content (AvgIpc) is 2.60. The normalized spacial score (nSPS) is 16.8. The van der Waals surface area contributed by atoms with Gasteiger partial charge in [-0.1, -0.05) is 13.3 Å². The molecule has 136 valence electrons. The van der Waals surface area contributed by atoms with Crippen LogP contribution < -0.4 is 20.1 Å². The van der Waals surface area contributed by atoms with Crippen LogP contribution in [0, 0.1) is 0 Å². The topological polar surface area (TPSA) is 85.9 Å². The molecule has 0 saturated heterocycles. The second kappa shape index (κ2) is 8.41. The highest BCUT2D eigenvalue weighted by atomic mass is 16.5.